The molecule has 0 atom stereocenters. The molecular formula is C21H17FN6O2. The van der Waals surface area contributed by atoms with E-state index in [-0.39, 0.29) is 5.69 Å². The van der Waals surface area contributed by atoms with Crippen LogP contribution in [0.2, 0.25) is 0 Å². The molecule has 9 heteroatoms. The number of aryl methyl sites for hydroxylation is 2. The van der Waals surface area contributed by atoms with Gasteiger partial charge >= 0.3 is 11.7 Å². The van der Waals surface area contributed by atoms with E-state index < -0.39 is 5.82 Å². The van der Waals surface area contributed by atoms with Crippen LogP contribution in [0.1, 0.15) is 6.92 Å². The first kappa shape index (κ1) is 18.0. The molecule has 1 aromatic carbocycles. The van der Waals surface area contributed by atoms with Crippen LogP contribution < -0.4 is 10.4 Å². The predicted molar refractivity (Wildman–Crippen MR) is 110 cm³/mol. The summed E-state index contributed by atoms with van der Waals surface area (Å²) in [5, 5.41) is 0. The molecule has 30 heavy (non-hydrogen) atoms. The summed E-state index contributed by atoms with van der Waals surface area (Å²) in [6.07, 6.45) is 2.81. The summed E-state index contributed by atoms with van der Waals surface area (Å²) >= 11 is 0. The Hall–Kier alpha value is -4.01. The Labute approximate surface area is 169 Å². The Morgan fingerprint density at radius 1 is 1.10 bits per heavy atom. The van der Waals surface area contributed by atoms with Crippen molar-refractivity contribution < 1.29 is 9.13 Å². The molecular weight excluding hydrogens is 387 g/mol. The molecule has 0 aliphatic heterocycles. The van der Waals surface area contributed by atoms with Gasteiger partial charge in [0.2, 0.25) is 0 Å². The molecule has 4 aromatic heterocycles. The number of rotatable bonds is 4. The lowest BCUT2D eigenvalue weighted by atomic mass is 10.3. The summed E-state index contributed by atoms with van der Waals surface area (Å²) in [6, 6.07) is 12.4. The fourth-order valence-electron chi connectivity index (χ4n) is 3.51. The number of hydrogen-bond donors (Lipinski definition) is 0. The molecule has 0 N–H and O–H groups in total. The zero-order chi connectivity index (χ0) is 20.8. The third-order valence-electron chi connectivity index (χ3n) is 4.95. The minimum atomic E-state index is -0.484. The van der Waals surface area contributed by atoms with Crippen molar-refractivity contribution in [3.63, 3.8) is 0 Å². The molecule has 0 fully saturated rings. The smallest absolute Gasteiger partial charge is 0.334 e. The fraction of sp³-hybridized carbons (Fsp3) is 0.143. The number of nitrogens with zero attached hydrogens (tertiary/aromatic N) is 6. The summed E-state index contributed by atoms with van der Waals surface area (Å²) < 4.78 is 24.3. The second kappa shape index (κ2) is 6.80. The quantitative estimate of drug-likeness (QED) is 0.459. The van der Waals surface area contributed by atoms with Crippen molar-refractivity contribution in [2.45, 2.75) is 13.5 Å². The van der Waals surface area contributed by atoms with Crippen LogP contribution in [0.3, 0.4) is 0 Å². The molecule has 0 aliphatic rings. The van der Waals surface area contributed by atoms with Crippen LogP contribution in [0.25, 0.3) is 28.0 Å². The van der Waals surface area contributed by atoms with E-state index >= 15 is 0 Å². The van der Waals surface area contributed by atoms with Gasteiger partial charge in [0.1, 0.15) is 17.1 Å². The molecule has 5 aromatic rings. The number of aromatic nitrogens is 6. The highest BCUT2D eigenvalue weighted by atomic mass is 19.1. The van der Waals surface area contributed by atoms with Gasteiger partial charge in [0.05, 0.1) is 17.4 Å². The third-order valence-corrected chi connectivity index (χ3v) is 4.95. The van der Waals surface area contributed by atoms with Crippen molar-refractivity contribution in [2.24, 2.45) is 7.05 Å². The number of hydrogen-bond acceptors (Lipinski definition) is 5. The SMILES string of the molecule is CCn1c(=O)n(-c2ccc(Oc3nc4cccnc4n3C)cc2)c2ncc(F)cc21. The summed E-state index contributed by atoms with van der Waals surface area (Å²) in [6.45, 7) is 2.24. The number of fused-ring (bicyclic) bond motifs is 2. The van der Waals surface area contributed by atoms with Crippen LogP contribution in [0, 0.1) is 5.82 Å². The number of benzene rings is 1. The lowest BCUT2D eigenvalue weighted by Crippen LogP contribution is -2.22. The third kappa shape index (κ3) is 2.74. The molecule has 5 rings (SSSR count). The standard InChI is InChI=1S/C21H17FN6O2/c1-3-27-17-11-13(22)12-24-19(17)28(21(27)29)14-6-8-15(9-7-14)30-20-25-16-5-4-10-23-18(16)26(20)2/h4-12H,3H2,1-2H3. The van der Waals surface area contributed by atoms with Crippen LogP contribution in [0.5, 0.6) is 11.8 Å². The summed E-state index contributed by atoms with van der Waals surface area (Å²) in [4.78, 5) is 25.7. The first-order valence-electron chi connectivity index (χ1n) is 9.39. The van der Waals surface area contributed by atoms with E-state index in [4.69, 9.17) is 4.74 Å². The fourth-order valence-corrected chi connectivity index (χ4v) is 3.51. The minimum absolute atomic E-state index is 0.277. The Kier molecular flexibility index (Phi) is 4.09. The van der Waals surface area contributed by atoms with Crippen LogP contribution >= 0.6 is 0 Å². The molecule has 0 amide bonds. The van der Waals surface area contributed by atoms with Crippen molar-refractivity contribution in [2.75, 3.05) is 0 Å². The molecule has 0 saturated carbocycles. The normalized spacial score (nSPS) is 11.4. The minimum Gasteiger partial charge on any atom is -0.425 e. The molecule has 0 radical (unpaired) electrons. The largest absolute Gasteiger partial charge is 0.425 e. The Balaban J connectivity index is 1.53. The number of imidazole rings is 2. The van der Waals surface area contributed by atoms with Crippen LogP contribution in [0.15, 0.2) is 59.7 Å². The van der Waals surface area contributed by atoms with Gasteiger partial charge in [0.15, 0.2) is 11.3 Å². The van der Waals surface area contributed by atoms with Gasteiger partial charge in [-0.1, -0.05) is 0 Å². The van der Waals surface area contributed by atoms with Gasteiger partial charge in [-0.05, 0) is 43.3 Å². The molecule has 8 nitrogen and oxygen atoms in total. The van der Waals surface area contributed by atoms with Gasteiger partial charge in [-0.25, -0.2) is 23.7 Å². The molecule has 0 spiro atoms. The maximum absolute atomic E-state index is 13.6. The first-order valence-corrected chi connectivity index (χ1v) is 9.39. The average molecular weight is 404 g/mol. The molecule has 0 bridgehead atoms. The van der Waals surface area contributed by atoms with Gasteiger partial charge in [-0.15, -0.1) is 0 Å². The maximum Gasteiger partial charge on any atom is 0.334 e. The molecule has 4 heterocycles. The van der Waals surface area contributed by atoms with E-state index in [1.54, 1.807) is 35.0 Å². The van der Waals surface area contributed by atoms with Gasteiger partial charge in [0.25, 0.3) is 0 Å². The van der Waals surface area contributed by atoms with Crippen molar-refractivity contribution in [1.29, 1.82) is 0 Å². The lowest BCUT2D eigenvalue weighted by Gasteiger charge is -2.07. The second-order valence-electron chi connectivity index (χ2n) is 6.75. The molecule has 150 valence electrons. The molecule has 0 unspecified atom stereocenters. The average Bonchev–Trinajstić information content (AvgIpc) is 3.21. The highest BCUT2D eigenvalue weighted by Crippen LogP contribution is 2.25. The van der Waals surface area contributed by atoms with Gasteiger partial charge in [0, 0.05) is 25.9 Å². The van der Waals surface area contributed by atoms with Crippen LogP contribution in [-0.2, 0) is 13.6 Å². The lowest BCUT2D eigenvalue weighted by molar-refractivity contribution is 0.427. The van der Waals surface area contributed by atoms with Crippen molar-refractivity contribution in [3.8, 4) is 17.4 Å². The number of halogens is 1. The highest BCUT2D eigenvalue weighted by Gasteiger charge is 2.16. The maximum atomic E-state index is 13.6. The summed E-state index contributed by atoms with van der Waals surface area (Å²) in [5.74, 6) is 0.0750. The van der Waals surface area contributed by atoms with E-state index in [1.807, 2.05) is 26.1 Å². The highest BCUT2D eigenvalue weighted by molar-refractivity contribution is 5.74. The Bertz CT molecular complexity index is 1450. The van der Waals surface area contributed by atoms with Crippen molar-refractivity contribution in [3.05, 3.63) is 71.2 Å². The Morgan fingerprint density at radius 3 is 2.63 bits per heavy atom. The Morgan fingerprint density at radius 2 is 1.90 bits per heavy atom. The van der Waals surface area contributed by atoms with E-state index in [9.17, 15) is 9.18 Å². The van der Waals surface area contributed by atoms with Crippen LogP contribution in [0.4, 0.5) is 4.39 Å². The predicted octanol–water partition coefficient (Wildman–Crippen LogP) is 3.42. The molecule has 0 saturated heterocycles. The zero-order valence-electron chi connectivity index (χ0n) is 16.3. The first-order chi connectivity index (χ1) is 14.6. The second-order valence-corrected chi connectivity index (χ2v) is 6.75. The van der Waals surface area contributed by atoms with Crippen LogP contribution in [-0.4, -0.2) is 28.7 Å². The summed E-state index contributed by atoms with van der Waals surface area (Å²) in [5.41, 5.74) is 2.65. The summed E-state index contributed by atoms with van der Waals surface area (Å²) in [7, 11) is 1.83. The van der Waals surface area contributed by atoms with Gasteiger partial charge in [-0.2, -0.15) is 4.98 Å². The van der Waals surface area contributed by atoms with Gasteiger partial charge in [-0.3, -0.25) is 9.13 Å². The number of ether oxygens (including phenoxy) is 1. The monoisotopic (exact) mass is 404 g/mol. The van der Waals surface area contributed by atoms with E-state index in [2.05, 4.69) is 15.0 Å². The van der Waals surface area contributed by atoms with E-state index in [0.717, 1.165) is 17.4 Å². The van der Waals surface area contributed by atoms with Crippen molar-refractivity contribution >= 4 is 22.3 Å². The van der Waals surface area contributed by atoms with Crippen molar-refractivity contribution in [1.82, 2.24) is 28.7 Å². The topological polar surface area (TPSA) is 79.8 Å². The number of pyridine rings is 2. The zero-order valence-corrected chi connectivity index (χ0v) is 16.3. The van der Waals surface area contributed by atoms with Gasteiger partial charge < -0.3 is 4.74 Å². The van der Waals surface area contributed by atoms with E-state index in [0.29, 0.717) is 35.2 Å². The van der Waals surface area contributed by atoms with E-state index in [1.165, 1.54) is 15.2 Å². The molecule has 0 aliphatic carbocycles.